The molecule has 1 aliphatic heterocycles. The Labute approximate surface area is 96.6 Å². The molecule has 16 heavy (non-hydrogen) atoms. The van der Waals surface area contributed by atoms with Crippen molar-refractivity contribution in [1.29, 1.82) is 0 Å². The Morgan fingerprint density at radius 2 is 2.00 bits per heavy atom. The highest BCUT2D eigenvalue weighted by atomic mass is 16.5. The Morgan fingerprint density at radius 1 is 1.31 bits per heavy atom. The highest BCUT2D eigenvalue weighted by Crippen LogP contribution is 2.31. The minimum Gasteiger partial charge on any atom is -0.465 e. The average Bonchev–Trinajstić information content (AvgIpc) is 2.62. The van der Waals surface area contributed by atoms with Crippen LogP contribution in [0.1, 0.15) is 19.4 Å². The van der Waals surface area contributed by atoms with Crippen molar-refractivity contribution in [2.24, 2.45) is 17.8 Å². The monoisotopic (exact) mass is 218 g/mol. The second-order valence-corrected chi connectivity index (χ2v) is 4.83. The SMILES string of the molecule is CC(C)[C@@H]1COC(=O)C1Cc1ccccc1. The zero-order valence-corrected chi connectivity index (χ0v) is 9.85. The largest absolute Gasteiger partial charge is 0.465 e. The van der Waals surface area contributed by atoms with Gasteiger partial charge in [0, 0.05) is 5.92 Å². The van der Waals surface area contributed by atoms with Crippen LogP contribution in [-0.4, -0.2) is 12.6 Å². The van der Waals surface area contributed by atoms with Crippen molar-refractivity contribution in [2.45, 2.75) is 20.3 Å². The number of ether oxygens (including phenoxy) is 1. The molecule has 2 atom stereocenters. The van der Waals surface area contributed by atoms with Gasteiger partial charge in [-0.1, -0.05) is 44.2 Å². The first-order chi connectivity index (χ1) is 7.68. The third kappa shape index (κ3) is 2.26. The molecule has 2 nitrogen and oxygen atoms in total. The highest BCUT2D eigenvalue weighted by molar-refractivity contribution is 5.75. The zero-order chi connectivity index (χ0) is 11.5. The summed E-state index contributed by atoms with van der Waals surface area (Å²) in [6.07, 6.45) is 0.808. The predicted molar refractivity (Wildman–Crippen MR) is 62.9 cm³/mol. The van der Waals surface area contributed by atoms with Crippen LogP contribution in [0.5, 0.6) is 0 Å². The van der Waals surface area contributed by atoms with Crippen molar-refractivity contribution >= 4 is 5.97 Å². The van der Waals surface area contributed by atoms with Crippen molar-refractivity contribution < 1.29 is 9.53 Å². The molecule has 2 rings (SSSR count). The molecule has 1 heterocycles. The molecule has 86 valence electrons. The summed E-state index contributed by atoms with van der Waals surface area (Å²) < 4.78 is 5.17. The van der Waals surface area contributed by atoms with Crippen LogP contribution in [0.15, 0.2) is 30.3 Å². The van der Waals surface area contributed by atoms with Gasteiger partial charge in [-0.25, -0.2) is 0 Å². The van der Waals surface area contributed by atoms with E-state index in [4.69, 9.17) is 4.74 Å². The Balaban J connectivity index is 2.10. The first kappa shape index (κ1) is 11.2. The second-order valence-electron chi connectivity index (χ2n) is 4.83. The normalized spacial score (nSPS) is 24.8. The van der Waals surface area contributed by atoms with Crippen LogP contribution in [0.25, 0.3) is 0 Å². The van der Waals surface area contributed by atoms with E-state index >= 15 is 0 Å². The molecular formula is C14H18O2. The summed E-state index contributed by atoms with van der Waals surface area (Å²) >= 11 is 0. The lowest BCUT2D eigenvalue weighted by Crippen LogP contribution is -2.22. The zero-order valence-electron chi connectivity index (χ0n) is 9.85. The fourth-order valence-electron chi connectivity index (χ4n) is 2.34. The van der Waals surface area contributed by atoms with E-state index in [9.17, 15) is 4.79 Å². The summed E-state index contributed by atoms with van der Waals surface area (Å²) in [5, 5.41) is 0. The topological polar surface area (TPSA) is 26.3 Å². The molecule has 0 saturated carbocycles. The van der Waals surface area contributed by atoms with Crippen molar-refractivity contribution in [2.75, 3.05) is 6.61 Å². The van der Waals surface area contributed by atoms with E-state index in [1.54, 1.807) is 0 Å². The molecule has 1 unspecified atom stereocenters. The molecule has 0 radical (unpaired) electrons. The molecule has 1 aliphatic rings. The molecule has 2 heteroatoms. The molecule has 0 amide bonds. The van der Waals surface area contributed by atoms with Crippen LogP contribution < -0.4 is 0 Å². The smallest absolute Gasteiger partial charge is 0.309 e. The average molecular weight is 218 g/mol. The molecule has 0 bridgehead atoms. The number of hydrogen-bond acceptors (Lipinski definition) is 2. The summed E-state index contributed by atoms with van der Waals surface area (Å²) in [7, 11) is 0. The van der Waals surface area contributed by atoms with Crippen molar-refractivity contribution in [3.8, 4) is 0 Å². The van der Waals surface area contributed by atoms with E-state index in [-0.39, 0.29) is 11.9 Å². The summed E-state index contributed by atoms with van der Waals surface area (Å²) in [6, 6.07) is 10.2. The van der Waals surface area contributed by atoms with Crippen LogP contribution in [-0.2, 0) is 16.0 Å². The van der Waals surface area contributed by atoms with E-state index in [0.29, 0.717) is 18.4 Å². The molecule has 1 saturated heterocycles. The van der Waals surface area contributed by atoms with E-state index < -0.39 is 0 Å². The van der Waals surface area contributed by atoms with Crippen molar-refractivity contribution in [3.05, 3.63) is 35.9 Å². The van der Waals surface area contributed by atoms with Crippen LogP contribution in [0, 0.1) is 17.8 Å². The quantitative estimate of drug-likeness (QED) is 0.729. The van der Waals surface area contributed by atoms with E-state index in [1.807, 2.05) is 18.2 Å². The van der Waals surface area contributed by atoms with Gasteiger partial charge in [-0.05, 0) is 17.9 Å². The Morgan fingerprint density at radius 3 is 2.62 bits per heavy atom. The number of benzene rings is 1. The summed E-state index contributed by atoms with van der Waals surface area (Å²) in [5.74, 6) is 0.887. The molecule has 1 aromatic carbocycles. The number of carbonyl (C=O) groups is 1. The maximum absolute atomic E-state index is 11.7. The van der Waals surface area contributed by atoms with Crippen LogP contribution in [0.3, 0.4) is 0 Å². The first-order valence-electron chi connectivity index (χ1n) is 5.89. The maximum Gasteiger partial charge on any atom is 0.309 e. The predicted octanol–water partition coefficient (Wildman–Crippen LogP) is 2.67. The number of esters is 1. The molecule has 1 aromatic rings. The molecule has 1 fully saturated rings. The molecule has 0 aromatic heterocycles. The van der Waals surface area contributed by atoms with Gasteiger partial charge < -0.3 is 4.74 Å². The van der Waals surface area contributed by atoms with E-state index in [0.717, 1.165) is 6.42 Å². The standard InChI is InChI=1S/C14H18O2/c1-10(2)13-9-16-14(15)12(13)8-11-6-4-3-5-7-11/h3-7,10,12-13H,8-9H2,1-2H3/t12?,13-/m0/s1. The van der Waals surface area contributed by atoms with Gasteiger partial charge in [-0.3, -0.25) is 4.79 Å². The van der Waals surface area contributed by atoms with Gasteiger partial charge >= 0.3 is 5.97 Å². The summed E-state index contributed by atoms with van der Waals surface area (Å²) in [5.41, 5.74) is 1.22. The Bertz CT molecular complexity index is 356. The number of cyclic esters (lactones) is 1. The van der Waals surface area contributed by atoms with E-state index in [1.165, 1.54) is 5.56 Å². The highest BCUT2D eigenvalue weighted by Gasteiger charge is 2.38. The molecule has 0 aliphatic carbocycles. The molecule has 0 N–H and O–H groups in total. The number of carbonyl (C=O) groups excluding carboxylic acids is 1. The molecule has 0 spiro atoms. The lowest BCUT2D eigenvalue weighted by molar-refractivity contribution is -0.141. The summed E-state index contributed by atoms with van der Waals surface area (Å²) in [4.78, 5) is 11.7. The third-order valence-corrected chi connectivity index (χ3v) is 3.39. The van der Waals surface area contributed by atoms with Crippen LogP contribution in [0.4, 0.5) is 0 Å². The van der Waals surface area contributed by atoms with Crippen molar-refractivity contribution in [1.82, 2.24) is 0 Å². The first-order valence-corrected chi connectivity index (χ1v) is 5.89. The summed E-state index contributed by atoms with van der Waals surface area (Å²) in [6.45, 7) is 4.91. The van der Waals surface area contributed by atoms with Gasteiger partial charge in [0.1, 0.15) is 0 Å². The lowest BCUT2D eigenvalue weighted by atomic mass is 9.82. The van der Waals surface area contributed by atoms with Gasteiger partial charge in [-0.15, -0.1) is 0 Å². The number of hydrogen-bond donors (Lipinski definition) is 0. The van der Waals surface area contributed by atoms with Gasteiger partial charge in [0.25, 0.3) is 0 Å². The van der Waals surface area contributed by atoms with Gasteiger partial charge in [0.05, 0.1) is 12.5 Å². The van der Waals surface area contributed by atoms with Gasteiger partial charge in [0.15, 0.2) is 0 Å². The lowest BCUT2D eigenvalue weighted by Gasteiger charge is -2.18. The third-order valence-electron chi connectivity index (χ3n) is 3.39. The Hall–Kier alpha value is -1.31. The van der Waals surface area contributed by atoms with E-state index in [2.05, 4.69) is 26.0 Å². The fourth-order valence-corrected chi connectivity index (χ4v) is 2.34. The minimum atomic E-state index is -0.0254. The van der Waals surface area contributed by atoms with Crippen molar-refractivity contribution in [3.63, 3.8) is 0 Å². The van der Waals surface area contributed by atoms with Crippen LogP contribution in [0.2, 0.25) is 0 Å². The maximum atomic E-state index is 11.7. The fraction of sp³-hybridized carbons (Fsp3) is 0.500. The Kier molecular flexibility index (Phi) is 3.28. The van der Waals surface area contributed by atoms with Crippen LogP contribution >= 0.6 is 0 Å². The number of rotatable bonds is 3. The molecular weight excluding hydrogens is 200 g/mol. The van der Waals surface area contributed by atoms with Gasteiger partial charge in [0.2, 0.25) is 0 Å². The minimum absolute atomic E-state index is 0.0254. The second kappa shape index (κ2) is 4.69. The van der Waals surface area contributed by atoms with Gasteiger partial charge in [-0.2, -0.15) is 0 Å².